The summed E-state index contributed by atoms with van der Waals surface area (Å²) in [5.74, 6) is 0.0247. The summed E-state index contributed by atoms with van der Waals surface area (Å²) in [5, 5.41) is 5.96. The molecule has 0 fully saturated rings. The zero-order chi connectivity index (χ0) is 9.10. The number of nitrogens with zero attached hydrogens (tertiary/aromatic N) is 1. The number of amides is 1. The van der Waals surface area contributed by atoms with Crippen molar-refractivity contribution in [2.75, 3.05) is 5.32 Å². The van der Waals surface area contributed by atoms with Gasteiger partial charge < -0.3 is 8.94 Å². The number of hydrogen-bond acceptors (Lipinski definition) is 4. The van der Waals surface area contributed by atoms with Gasteiger partial charge in [-0.3, -0.25) is 10.1 Å². The molecular weight excluding hydrogens is 172 g/mol. The fraction of sp³-hybridized carbons (Fsp3) is 0. The maximum Gasteiger partial charge on any atom is 0.280 e. The van der Waals surface area contributed by atoms with Crippen molar-refractivity contribution in [1.82, 2.24) is 5.16 Å². The van der Waals surface area contributed by atoms with Crippen LogP contribution in [0.2, 0.25) is 0 Å². The van der Waals surface area contributed by atoms with Crippen LogP contribution in [0.4, 0.5) is 5.88 Å². The van der Waals surface area contributed by atoms with E-state index in [4.69, 9.17) is 4.42 Å². The van der Waals surface area contributed by atoms with E-state index in [1.807, 2.05) is 0 Å². The Balaban J connectivity index is 2.08. The van der Waals surface area contributed by atoms with Crippen LogP contribution in [0.1, 0.15) is 10.5 Å². The first-order valence-electron chi connectivity index (χ1n) is 3.61. The molecule has 0 saturated carbocycles. The van der Waals surface area contributed by atoms with Gasteiger partial charge in [0.25, 0.3) is 5.91 Å². The molecule has 1 amide bonds. The minimum absolute atomic E-state index is 0.219. The quantitative estimate of drug-likeness (QED) is 0.756. The van der Waals surface area contributed by atoms with Gasteiger partial charge in [0.15, 0.2) is 11.6 Å². The molecule has 2 aromatic rings. The Bertz CT molecular complexity index is 377. The molecule has 0 aliphatic rings. The normalized spacial score (nSPS) is 9.85. The largest absolute Gasteiger partial charge is 0.449 e. The molecule has 0 radical (unpaired) electrons. The van der Waals surface area contributed by atoms with Crippen molar-refractivity contribution >= 4 is 11.8 Å². The summed E-state index contributed by atoms with van der Waals surface area (Å²) >= 11 is 0. The lowest BCUT2D eigenvalue weighted by atomic mass is 10.4. The van der Waals surface area contributed by atoms with Crippen LogP contribution in [-0.4, -0.2) is 11.1 Å². The zero-order valence-electron chi connectivity index (χ0n) is 6.56. The molecule has 0 saturated heterocycles. The first-order valence-corrected chi connectivity index (χ1v) is 3.61. The Kier molecular flexibility index (Phi) is 1.84. The summed E-state index contributed by atoms with van der Waals surface area (Å²) in [4.78, 5) is 11.3. The van der Waals surface area contributed by atoms with Gasteiger partial charge >= 0.3 is 0 Å². The van der Waals surface area contributed by atoms with E-state index in [2.05, 4.69) is 15.0 Å². The molecule has 0 aliphatic carbocycles. The first kappa shape index (κ1) is 7.60. The van der Waals surface area contributed by atoms with E-state index < -0.39 is 0 Å². The molecule has 0 bridgehead atoms. The Morgan fingerprint density at radius 3 is 2.92 bits per heavy atom. The molecule has 2 heterocycles. The minimum atomic E-state index is -0.358. The molecule has 66 valence electrons. The number of anilines is 1. The minimum Gasteiger partial charge on any atom is -0.449 e. The molecule has 2 rings (SSSR count). The number of rotatable bonds is 2. The highest BCUT2D eigenvalue weighted by Gasteiger charge is 2.09. The van der Waals surface area contributed by atoms with E-state index in [9.17, 15) is 4.79 Å². The number of furan rings is 1. The fourth-order valence-electron chi connectivity index (χ4n) is 0.855. The van der Waals surface area contributed by atoms with Gasteiger partial charge in [-0.2, -0.15) is 0 Å². The van der Waals surface area contributed by atoms with Crippen LogP contribution in [0.15, 0.2) is 39.7 Å². The lowest BCUT2D eigenvalue weighted by molar-refractivity contribution is 0.101. The molecule has 0 atom stereocenters. The van der Waals surface area contributed by atoms with E-state index in [0.29, 0.717) is 5.88 Å². The van der Waals surface area contributed by atoms with Crippen molar-refractivity contribution < 1.29 is 13.7 Å². The predicted molar refractivity (Wildman–Crippen MR) is 43.2 cm³/mol. The molecular formula is C8H6N2O3. The number of nitrogens with one attached hydrogen (secondary N) is 1. The SMILES string of the molecule is O=C(Nc1ccco1)c1ccon1. The standard InChI is InChI=1S/C8H6N2O3/c11-8(6-3-5-13-10-6)9-7-2-1-4-12-7/h1-5H,(H,9,11). The lowest BCUT2D eigenvalue weighted by Gasteiger charge is -1.95. The number of carbonyl (C=O) groups is 1. The van der Waals surface area contributed by atoms with Crippen LogP contribution in [0, 0.1) is 0 Å². The Morgan fingerprint density at radius 2 is 2.31 bits per heavy atom. The first-order chi connectivity index (χ1) is 6.36. The molecule has 1 N–H and O–H groups in total. The van der Waals surface area contributed by atoms with Crippen LogP contribution in [0.3, 0.4) is 0 Å². The van der Waals surface area contributed by atoms with Gasteiger partial charge in [-0.05, 0) is 6.07 Å². The van der Waals surface area contributed by atoms with Gasteiger partial charge in [0.2, 0.25) is 0 Å². The third kappa shape index (κ3) is 1.58. The second-order valence-corrected chi connectivity index (χ2v) is 2.32. The summed E-state index contributed by atoms with van der Waals surface area (Å²) in [5.41, 5.74) is 0.219. The summed E-state index contributed by atoms with van der Waals surface area (Å²) in [6.45, 7) is 0. The molecule has 0 aromatic carbocycles. The van der Waals surface area contributed by atoms with E-state index >= 15 is 0 Å². The van der Waals surface area contributed by atoms with Crippen molar-refractivity contribution in [2.24, 2.45) is 0 Å². The Morgan fingerprint density at radius 1 is 1.38 bits per heavy atom. The van der Waals surface area contributed by atoms with E-state index in [-0.39, 0.29) is 11.6 Å². The second kappa shape index (κ2) is 3.14. The average molecular weight is 178 g/mol. The Hall–Kier alpha value is -2.04. The van der Waals surface area contributed by atoms with Gasteiger partial charge in [0.05, 0.1) is 6.26 Å². The highest BCUT2D eigenvalue weighted by molar-refractivity contribution is 6.01. The molecule has 0 unspecified atom stereocenters. The van der Waals surface area contributed by atoms with E-state index in [1.165, 1.54) is 18.6 Å². The van der Waals surface area contributed by atoms with Crippen LogP contribution >= 0.6 is 0 Å². The number of carbonyl (C=O) groups excluding carboxylic acids is 1. The second-order valence-electron chi connectivity index (χ2n) is 2.32. The van der Waals surface area contributed by atoms with Crippen LogP contribution in [0.5, 0.6) is 0 Å². The fourth-order valence-corrected chi connectivity index (χ4v) is 0.855. The summed E-state index contributed by atoms with van der Waals surface area (Å²) in [7, 11) is 0. The molecule has 2 aromatic heterocycles. The van der Waals surface area contributed by atoms with Crippen molar-refractivity contribution in [3.8, 4) is 0 Å². The van der Waals surface area contributed by atoms with Crippen molar-refractivity contribution in [1.29, 1.82) is 0 Å². The molecule has 0 spiro atoms. The van der Waals surface area contributed by atoms with Gasteiger partial charge in [-0.25, -0.2) is 0 Å². The molecule has 5 heteroatoms. The third-order valence-electron chi connectivity index (χ3n) is 1.43. The van der Waals surface area contributed by atoms with Crippen LogP contribution < -0.4 is 5.32 Å². The monoisotopic (exact) mass is 178 g/mol. The predicted octanol–water partition coefficient (Wildman–Crippen LogP) is 1.52. The summed E-state index contributed by atoms with van der Waals surface area (Å²) < 4.78 is 9.43. The zero-order valence-corrected chi connectivity index (χ0v) is 6.56. The van der Waals surface area contributed by atoms with Gasteiger partial charge in [0.1, 0.15) is 6.26 Å². The van der Waals surface area contributed by atoms with Crippen LogP contribution in [-0.2, 0) is 0 Å². The Labute approximate surface area is 73.3 Å². The summed E-state index contributed by atoms with van der Waals surface area (Å²) in [6, 6.07) is 4.79. The molecule has 5 nitrogen and oxygen atoms in total. The van der Waals surface area contributed by atoms with Gasteiger partial charge in [-0.15, -0.1) is 0 Å². The summed E-state index contributed by atoms with van der Waals surface area (Å²) in [6.07, 6.45) is 2.80. The highest BCUT2D eigenvalue weighted by atomic mass is 16.5. The van der Waals surface area contributed by atoms with Crippen molar-refractivity contribution in [3.63, 3.8) is 0 Å². The van der Waals surface area contributed by atoms with Crippen molar-refractivity contribution in [2.45, 2.75) is 0 Å². The molecule has 0 aliphatic heterocycles. The van der Waals surface area contributed by atoms with Crippen molar-refractivity contribution in [3.05, 3.63) is 36.4 Å². The topological polar surface area (TPSA) is 68.3 Å². The maximum absolute atomic E-state index is 11.3. The average Bonchev–Trinajstić information content (AvgIpc) is 2.74. The van der Waals surface area contributed by atoms with Crippen LogP contribution in [0.25, 0.3) is 0 Å². The maximum atomic E-state index is 11.3. The smallest absolute Gasteiger partial charge is 0.280 e. The highest BCUT2D eigenvalue weighted by Crippen LogP contribution is 2.08. The van der Waals surface area contributed by atoms with Gasteiger partial charge in [0, 0.05) is 12.1 Å². The van der Waals surface area contributed by atoms with Gasteiger partial charge in [-0.1, -0.05) is 5.16 Å². The lowest BCUT2D eigenvalue weighted by Crippen LogP contribution is -2.11. The third-order valence-corrected chi connectivity index (χ3v) is 1.43. The number of hydrogen-bond donors (Lipinski definition) is 1. The molecule has 13 heavy (non-hydrogen) atoms. The number of aromatic nitrogens is 1. The van der Waals surface area contributed by atoms with E-state index in [1.54, 1.807) is 12.1 Å². The van der Waals surface area contributed by atoms with E-state index in [0.717, 1.165) is 0 Å².